The molecule has 0 fully saturated rings. The maximum atomic E-state index is 13.2. The van der Waals surface area contributed by atoms with Crippen LogP contribution in [0.3, 0.4) is 0 Å². The second-order valence-electron chi connectivity index (χ2n) is 6.78. The molecule has 0 spiro atoms. The third-order valence-electron chi connectivity index (χ3n) is 4.84. The Morgan fingerprint density at radius 2 is 1.53 bits per heavy atom. The molecule has 7 heteroatoms. The molecular formula is C23H17BrClNO3S. The van der Waals surface area contributed by atoms with Gasteiger partial charge >= 0.3 is 0 Å². The van der Waals surface area contributed by atoms with Crippen LogP contribution in [0.25, 0.3) is 10.8 Å². The molecule has 0 aromatic heterocycles. The monoisotopic (exact) mass is 501 g/mol. The van der Waals surface area contributed by atoms with Crippen molar-refractivity contribution in [1.29, 1.82) is 0 Å². The first kappa shape index (κ1) is 20.9. The number of benzene rings is 4. The van der Waals surface area contributed by atoms with Crippen molar-refractivity contribution in [3.8, 4) is 5.75 Å². The first-order valence-corrected chi connectivity index (χ1v) is 11.7. The zero-order valence-corrected chi connectivity index (χ0v) is 18.7. The topological polar surface area (TPSA) is 66.4 Å². The molecule has 4 aromatic carbocycles. The summed E-state index contributed by atoms with van der Waals surface area (Å²) in [5.41, 5.74) is 1.14. The first-order chi connectivity index (χ1) is 14.3. The molecule has 0 saturated carbocycles. The summed E-state index contributed by atoms with van der Waals surface area (Å²) in [7, 11) is -3.88. The van der Waals surface area contributed by atoms with Crippen LogP contribution in [-0.4, -0.2) is 13.5 Å². The zero-order chi connectivity index (χ0) is 21.3. The van der Waals surface area contributed by atoms with E-state index in [0.29, 0.717) is 16.1 Å². The van der Waals surface area contributed by atoms with Gasteiger partial charge in [-0.2, -0.15) is 4.72 Å². The fourth-order valence-electron chi connectivity index (χ4n) is 3.37. The number of aromatic hydroxyl groups is 1. The second-order valence-corrected chi connectivity index (χ2v) is 9.85. The molecule has 4 nitrogen and oxygen atoms in total. The SMILES string of the molecule is O=S(=O)(N[C@H](c1ccc(Cl)cc1)c1c(O)ccc2ccccc12)c1ccc(Br)cc1. The Morgan fingerprint density at radius 3 is 2.23 bits per heavy atom. The van der Waals surface area contributed by atoms with Crippen LogP contribution in [0.2, 0.25) is 5.02 Å². The van der Waals surface area contributed by atoms with E-state index in [1.54, 1.807) is 48.5 Å². The molecule has 4 aromatic rings. The van der Waals surface area contributed by atoms with Gasteiger partial charge in [0.25, 0.3) is 0 Å². The third kappa shape index (κ3) is 4.23. The molecule has 0 amide bonds. The molecule has 1 atom stereocenters. The molecule has 0 bridgehead atoms. The predicted molar refractivity (Wildman–Crippen MR) is 123 cm³/mol. The Labute approximate surface area is 188 Å². The van der Waals surface area contributed by atoms with Crippen molar-refractivity contribution in [2.75, 3.05) is 0 Å². The zero-order valence-electron chi connectivity index (χ0n) is 15.6. The van der Waals surface area contributed by atoms with E-state index in [2.05, 4.69) is 20.7 Å². The Bertz CT molecular complexity index is 1310. The number of nitrogens with one attached hydrogen (secondary N) is 1. The van der Waals surface area contributed by atoms with Gasteiger partial charge in [0.15, 0.2) is 0 Å². The number of hydrogen-bond donors (Lipinski definition) is 2. The lowest BCUT2D eigenvalue weighted by molar-refractivity contribution is 0.464. The van der Waals surface area contributed by atoms with Gasteiger partial charge in [-0.05, 0) is 58.8 Å². The van der Waals surface area contributed by atoms with Gasteiger partial charge in [0, 0.05) is 15.1 Å². The molecule has 0 saturated heterocycles. The van der Waals surface area contributed by atoms with Crippen molar-refractivity contribution in [3.05, 3.63) is 106 Å². The summed E-state index contributed by atoms with van der Waals surface area (Å²) in [5, 5.41) is 12.9. The summed E-state index contributed by atoms with van der Waals surface area (Å²) < 4.78 is 29.9. The summed E-state index contributed by atoms with van der Waals surface area (Å²) in [6.45, 7) is 0. The summed E-state index contributed by atoms with van der Waals surface area (Å²) in [4.78, 5) is 0.129. The van der Waals surface area contributed by atoms with Crippen LogP contribution < -0.4 is 4.72 Å². The molecule has 0 aliphatic rings. The van der Waals surface area contributed by atoms with Crippen LogP contribution in [0.1, 0.15) is 17.2 Å². The average molecular weight is 503 g/mol. The summed E-state index contributed by atoms with van der Waals surface area (Å²) >= 11 is 9.36. The van der Waals surface area contributed by atoms with Crippen LogP contribution >= 0.6 is 27.5 Å². The first-order valence-electron chi connectivity index (χ1n) is 9.09. The fourth-order valence-corrected chi connectivity index (χ4v) is 4.96. The second kappa shape index (κ2) is 8.40. The highest BCUT2D eigenvalue weighted by molar-refractivity contribution is 9.10. The minimum Gasteiger partial charge on any atom is -0.508 e. The molecule has 2 N–H and O–H groups in total. The quantitative estimate of drug-likeness (QED) is 0.350. The van der Waals surface area contributed by atoms with Crippen LogP contribution in [0.15, 0.2) is 94.3 Å². The molecule has 4 rings (SSSR count). The molecule has 0 unspecified atom stereocenters. The third-order valence-corrected chi connectivity index (χ3v) is 7.06. The van der Waals surface area contributed by atoms with E-state index >= 15 is 0 Å². The van der Waals surface area contributed by atoms with Gasteiger partial charge in [-0.1, -0.05) is 70.0 Å². The van der Waals surface area contributed by atoms with Crippen molar-refractivity contribution >= 4 is 48.3 Å². The van der Waals surface area contributed by atoms with E-state index in [-0.39, 0.29) is 10.6 Å². The van der Waals surface area contributed by atoms with Gasteiger partial charge in [-0.25, -0.2) is 8.42 Å². The minimum absolute atomic E-state index is 0.00663. The van der Waals surface area contributed by atoms with E-state index in [4.69, 9.17) is 11.6 Å². The van der Waals surface area contributed by atoms with E-state index in [9.17, 15) is 13.5 Å². The molecule has 0 aliphatic heterocycles. The highest BCUT2D eigenvalue weighted by atomic mass is 79.9. The molecule has 0 heterocycles. The minimum atomic E-state index is -3.88. The van der Waals surface area contributed by atoms with Crippen molar-refractivity contribution in [1.82, 2.24) is 4.72 Å². The lowest BCUT2D eigenvalue weighted by atomic mass is 9.93. The van der Waals surface area contributed by atoms with Gasteiger partial charge in [-0.15, -0.1) is 0 Å². The van der Waals surface area contributed by atoms with Crippen LogP contribution in [0.5, 0.6) is 5.75 Å². The summed E-state index contributed by atoms with van der Waals surface area (Å²) in [6, 6.07) is 23.4. The highest BCUT2D eigenvalue weighted by Gasteiger charge is 2.26. The number of phenolic OH excluding ortho intramolecular Hbond substituents is 1. The predicted octanol–water partition coefficient (Wildman–Crippen LogP) is 6.03. The van der Waals surface area contributed by atoms with Crippen LogP contribution in [-0.2, 0) is 10.0 Å². The smallest absolute Gasteiger partial charge is 0.241 e. The van der Waals surface area contributed by atoms with Gasteiger partial charge in [0.1, 0.15) is 5.75 Å². The number of hydrogen-bond acceptors (Lipinski definition) is 3. The van der Waals surface area contributed by atoms with Gasteiger partial charge < -0.3 is 5.11 Å². The van der Waals surface area contributed by atoms with Crippen LogP contribution in [0, 0.1) is 0 Å². The summed E-state index contributed by atoms with van der Waals surface area (Å²) in [6.07, 6.45) is 0. The van der Waals surface area contributed by atoms with E-state index in [1.807, 2.05) is 24.3 Å². The Kier molecular flexibility index (Phi) is 5.84. The van der Waals surface area contributed by atoms with Crippen molar-refractivity contribution in [2.24, 2.45) is 0 Å². The Morgan fingerprint density at radius 1 is 0.867 bits per heavy atom. The number of sulfonamides is 1. The van der Waals surface area contributed by atoms with Crippen molar-refractivity contribution in [2.45, 2.75) is 10.9 Å². The fraction of sp³-hybridized carbons (Fsp3) is 0.0435. The average Bonchev–Trinajstić information content (AvgIpc) is 2.73. The van der Waals surface area contributed by atoms with Crippen LogP contribution in [0.4, 0.5) is 0 Å². The lowest BCUT2D eigenvalue weighted by Crippen LogP contribution is -2.29. The van der Waals surface area contributed by atoms with E-state index < -0.39 is 16.1 Å². The standard InChI is InChI=1S/C23H17BrClNO3S/c24-17-8-12-19(13-9-17)30(28,29)26-23(16-5-10-18(25)11-6-16)22-20-4-2-1-3-15(20)7-14-21(22)27/h1-14,23,26-27H/t23-/m1/s1. The molecule has 0 radical (unpaired) electrons. The Balaban J connectivity index is 1.89. The molecular weight excluding hydrogens is 486 g/mol. The van der Waals surface area contributed by atoms with Gasteiger partial charge in [0.2, 0.25) is 10.0 Å². The molecule has 0 aliphatic carbocycles. The van der Waals surface area contributed by atoms with Crippen molar-refractivity contribution in [3.63, 3.8) is 0 Å². The highest BCUT2D eigenvalue weighted by Crippen LogP contribution is 2.37. The normalized spacial score (nSPS) is 12.7. The van der Waals surface area contributed by atoms with Crippen molar-refractivity contribution < 1.29 is 13.5 Å². The maximum absolute atomic E-state index is 13.2. The number of fused-ring (bicyclic) bond motifs is 1. The van der Waals surface area contributed by atoms with Gasteiger partial charge in [-0.3, -0.25) is 0 Å². The molecule has 30 heavy (non-hydrogen) atoms. The molecule has 152 valence electrons. The Hall–Kier alpha value is -2.38. The maximum Gasteiger partial charge on any atom is 0.241 e. The van der Waals surface area contributed by atoms with E-state index in [1.165, 1.54) is 12.1 Å². The number of halogens is 2. The van der Waals surface area contributed by atoms with E-state index in [0.717, 1.165) is 15.2 Å². The largest absolute Gasteiger partial charge is 0.508 e. The number of phenols is 1. The lowest BCUT2D eigenvalue weighted by Gasteiger charge is -2.22. The number of rotatable bonds is 5. The summed E-state index contributed by atoms with van der Waals surface area (Å²) in [5.74, 6) is 0.00663. The van der Waals surface area contributed by atoms with Gasteiger partial charge in [0.05, 0.1) is 10.9 Å².